The van der Waals surface area contributed by atoms with Crippen molar-refractivity contribution in [2.24, 2.45) is 5.92 Å². The fraction of sp³-hybridized carbons (Fsp3) is 0.545. The van der Waals surface area contributed by atoms with Crippen LogP contribution >= 0.6 is 0 Å². The van der Waals surface area contributed by atoms with E-state index in [9.17, 15) is 4.79 Å². The topological polar surface area (TPSA) is 17.1 Å². The fourth-order valence-corrected chi connectivity index (χ4v) is 1.53. The van der Waals surface area contributed by atoms with Crippen LogP contribution in [0.1, 0.15) is 33.1 Å². The molecule has 0 radical (unpaired) electrons. The van der Waals surface area contributed by atoms with Crippen LogP contribution in [0.5, 0.6) is 0 Å². The Bertz CT molecular complexity index is 235. The van der Waals surface area contributed by atoms with Crippen molar-refractivity contribution < 1.29 is 4.79 Å². The molecule has 12 heavy (non-hydrogen) atoms. The maximum atomic E-state index is 11.3. The van der Waals surface area contributed by atoms with Gasteiger partial charge in [-0.1, -0.05) is 23.8 Å². The molecule has 0 aromatic carbocycles. The zero-order valence-electron chi connectivity index (χ0n) is 7.89. The van der Waals surface area contributed by atoms with Crippen LogP contribution in [0.2, 0.25) is 0 Å². The molecule has 1 rings (SSSR count). The van der Waals surface area contributed by atoms with Crippen molar-refractivity contribution >= 4 is 5.78 Å². The maximum absolute atomic E-state index is 11.3. The molecule has 1 heteroatoms. The Labute approximate surface area is 74.2 Å². The summed E-state index contributed by atoms with van der Waals surface area (Å²) in [6.07, 6.45) is 4.49. The van der Waals surface area contributed by atoms with Gasteiger partial charge in [0.15, 0.2) is 0 Å². The van der Waals surface area contributed by atoms with E-state index in [0.717, 1.165) is 12.0 Å². The van der Waals surface area contributed by atoms with Crippen LogP contribution in [0.3, 0.4) is 0 Å². The summed E-state index contributed by atoms with van der Waals surface area (Å²) in [5.74, 6) is 0.740. The predicted molar refractivity (Wildman–Crippen MR) is 50.9 cm³/mol. The van der Waals surface area contributed by atoms with E-state index in [1.165, 1.54) is 5.57 Å². The second kappa shape index (κ2) is 3.70. The summed E-state index contributed by atoms with van der Waals surface area (Å²) in [7, 11) is 0. The molecule has 0 aliphatic heterocycles. The van der Waals surface area contributed by atoms with Crippen molar-refractivity contribution in [1.82, 2.24) is 0 Å². The Morgan fingerprint density at radius 1 is 1.67 bits per heavy atom. The lowest BCUT2D eigenvalue weighted by Crippen LogP contribution is -2.06. The van der Waals surface area contributed by atoms with E-state index < -0.39 is 0 Å². The molecule has 0 saturated carbocycles. The SMILES string of the molecule is C=C(C)C1CC=C(C)CC(=O)C1. The summed E-state index contributed by atoms with van der Waals surface area (Å²) in [5, 5.41) is 0. The zero-order valence-corrected chi connectivity index (χ0v) is 7.89. The van der Waals surface area contributed by atoms with Crippen LogP contribution in [0.15, 0.2) is 23.8 Å². The average Bonchev–Trinajstić information content (AvgIpc) is 2.11. The highest BCUT2D eigenvalue weighted by Crippen LogP contribution is 2.24. The molecule has 0 aromatic rings. The largest absolute Gasteiger partial charge is 0.299 e. The third kappa shape index (κ3) is 2.33. The first kappa shape index (κ1) is 9.24. The van der Waals surface area contributed by atoms with E-state index in [4.69, 9.17) is 0 Å². The number of allylic oxidation sites excluding steroid dienone is 3. The number of hydrogen-bond acceptors (Lipinski definition) is 1. The van der Waals surface area contributed by atoms with Gasteiger partial charge in [-0.25, -0.2) is 0 Å². The highest BCUT2D eigenvalue weighted by Gasteiger charge is 2.16. The van der Waals surface area contributed by atoms with Crippen molar-refractivity contribution in [3.63, 3.8) is 0 Å². The van der Waals surface area contributed by atoms with Crippen molar-refractivity contribution in [2.45, 2.75) is 33.1 Å². The molecule has 1 atom stereocenters. The molecular formula is C11H16O. The maximum Gasteiger partial charge on any atom is 0.137 e. The van der Waals surface area contributed by atoms with Gasteiger partial charge in [0.05, 0.1) is 0 Å². The number of rotatable bonds is 1. The van der Waals surface area contributed by atoms with Crippen molar-refractivity contribution in [3.05, 3.63) is 23.8 Å². The molecule has 0 saturated heterocycles. The highest BCUT2D eigenvalue weighted by atomic mass is 16.1. The van der Waals surface area contributed by atoms with Gasteiger partial charge in [0.25, 0.3) is 0 Å². The van der Waals surface area contributed by atoms with E-state index in [0.29, 0.717) is 24.5 Å². The molecule has 0 bridgehead atoms. The van der Waals surface area contributed by atoms with E-state index in [1.54, 1.807) is 0 Å². The minimum absolute atomic E-state index is 0.356. The van der Waals surface area contributed by atoms with Gasteiger partial charge in [-0.15, -0.1) is 0 Å². The van der Waals surface area contributed by atoms with E-state index in [1.807, 2.05) is 13.8 Å². The summed E-state index contributed by atoms with van der Waals surface area (Å²) >= 11 is 0. The monoisotopic (exact) mass is 164 g/mol. The number of ketones is 1. The first-order valence-electron chi connectivity index (χ1n) is 4.42. The number of Topliss-reactive ketones (excluding diaryl/α,β-unsaturated/α-hetero) is 1. The van der Waals surface area contributed by atoms with Crippen molar-refractivity contribution in [3.8, 4) is 0 Å². The summed E-state index contributed by atoms with van der Waals surface area (Å²) in [6, 6.07) is 0. The lowest BCUT2D eigenvalue weighted by atomic mass is 9.94. The number of hydrogen-bond donors (Lipinski definition) is 0. The predicted octanol–water partition coefficient (Wildman–Crippen LogP) is 2.88. The molecule has 0 aromatic heterocycles. The third-order valence-electron chi connectivity index (χ3n) is 2.40. The summed E-state index contributed by atoms with van der Waals surface area (Å²) in [6.45, 7) is 7.93. The molecule has 1 unspecified atom stereocenters. The average molecular weight is 164 g/mol. The second-order valence-electron chi connectivity index (χ2n) is 3.75. The van der Waals surface area contributed by atoms with Crippen LogP contribution in [0, 0.1) is 5.92 Å². The Hall–Kier alpha value is -0.850. The smallest absolute Gasteiger partial charge is 0.137 e. The number of carbonyl (C=O) groups is 1. The van der Waals surface area contributed by atoms with Gasteiger partial charge < -0.3 is 0 Å². The van der Waals surface area contributed by atoms with Gasteiger partial charge in [0.1, 0.15) is 5.78 Å². The molecule has 66 valence electrons. The third-order valence-corrected chi connectivity index (χ3v) is 2.40. The lowest BCUT2D eigenvalue weighted by molar-refractivity contribution is -0.118. The van der Waals surface area contributed by atoms with Crippen molar-refractivity contribution in [2.75, 3.05) is 0 Å². The zero-order chi connectivity index (χ0) is 9.14. The van der Waals surface area contributed by atoms with E-state index in [-0.39, 0.29) is 0 Å². The first-order chi connectivity index (χ1) is 5.59. The van der Waals surface area contributed by atoms with E-state index in [2.05, 4.69) is 12.7 Å². The summed E-state index contributed by atoms with van der Waals surface area (Å²) < 4.78 is 0. The molecule has 1 aliphatic carbocycles. The van der Waals surface area contributed by atoms with Gasteiger partial charge >= 0.3 is 0 Å². The standard InChI is InChI=1S/C11H16O/c1-8(2)10-5-4-9(3)6-11(12)7-10/h4,10H,1,5-7H2,2-3H3. The number of carbonyl (C=O) groups excluding carboxylic acids is 1. The van der Waals surface area contributed by atoms with Crippen molar-refractivity contribution in [1.29, 1.82) is 0 Å². The molecule has 1 aliphatic rings. The molecule has 0 fully saturated rings. The Balaban J connectivity index is 2.71. The highest BCUT2D eigenvalue weighted by molar-refractivity contribution is 5.81. The van der Waals surface area contributed by atoms with Gasteiger partial charge in [-0.2, -0.15) is 0 Å². The summed E-state index contributed by atoms with van der Waals surface area (Å²) in [4.78, 5) is 11.3. The van der Waals surface area contributed by atoms with Gasteiger partial charge in [0.2, 0.25) is 0 Å². The molecular weight excluding hydrogens is 148 g/mol. The molecule has 0 N–H and O–H groups in total. The van der Waals surface area contributed by atoms with Gasteiger partial charge in [-0.3, -0.25) is 4.79 Å². The second-order valence-corrected chi connectivity index (χ2v) is 3.75. The van der Waals surface area contributed by atoms with Gasteiger partial charge in [0, 0.05) is 12.8 Å². The van der Waals surface area contributed by atoms with Crippen LogP contribution in [0.25, 0.3) is 0 Å². The quantitative estimate of drug-likeness (QED) is 0.545. The molecule has 1 nitrogen and oxygen atoms in total. The van der Waals surface area contributed by atoms with Crippen LogP contribution < -0.4 is 0 Å². The van der Waals surface area contributed by atoms with Crippen LogP contribution in [-0.2, 0) is 4.79 Å². The fourth-order valence-electron chi connectivity index (χ4n) is 1.53. The molecule has 0 amide bonds. The van der Waals surface area contributed by atoms with Crippen LogP contribution in [-0.4, -0.2) is 5.78 Å². The lowest BCUT2D eigenvalue weighted by Gasteiger charge is -2.10. The molecule has 0 spiro atoms. The minimum Gasteiger partial charge on any atom is -0.299 e. The Morgan fingerprint density at radius 2 is 2.33 bits per heavy atom. The van der Waals surface area contributed by atoms with Crippen LogP contribution in [0.4, 0.5) is 0 Å². The summed E-state index contributed by atoms with van der Waals surface area (Å²) in [5.41, 5.74) is 2.35. The van der Waals surface area contributed by atoms with E-state index >= 15 is 0 Å². The normalized spacial score (nSPS) is 24.7. The van der Waals surface area contributed by atoms with Gasteiger partial charge in [-0.05, 0) is 26.2 Å². The Kier molecular flexibility index (Phi) is 2.85. The molecule has 0 heterocycles. The minimum atomic E-state index is 0.356. The first-order valence-corrected chi connectivity index (χ1v) is 4.42. The Morgan fingerprint density at radius 3 is 2.92 bits per heavy atom.